The predicted octanol–water partition coefficient (Wildman–Crippen LogP) is 2.86. The molecule has 0 radical (unpaired) electrons. The lowest BCUT2D eigenvalue weighted by Crippen LogP contribution is -2.33. The van der Waals surface area contributed by atoms with Gasteiger partial charge in [-0.15, -0.1) is 0 Å². The number of amides is 3. The Bertz CT molecular complexity index is 904. The van der Waals surface area contributed by atoms with Crippen LogP contribution >= 0.6 is 0 Å². The van der Waals surface area contributed by atoms with Crippen LogP contribution in [0.25, 0.3) is 0 Å². The molecule has 2 aromatic rings. The molecule has 0 bridgehead atoms. The lowest BCUT2D eigenvalue weighted by molar-refractivity contribution is -0.137. The van der Waals surface area contributed by atoms with E-state index in [-0.39, 0.29) is 37.5 Å². The fourth-order valence-electron chi connectivity index (χ4n) is 3.21. The van der Waals surface area contributed by atoms with Gasteiger partial charge in [0.1, 0.15) is 5.82 Å². The van der Waals surface area contributed by atoms with E-state index in [0.717, 1.165) is 5.56 Å². The van der Waals surface area contributed by atoms with Gasteiger partial charge in [-0.2, -0.15) is 0 Å². The van der Waals surface area contributed by atoms with E-state index in [1.807, 2.05) is 30.3 Å². The maximum absolute atomic E-state index is 14.5. The van der Waals surface area contributed by atoms with Crippen molar-refractivity contribution >= 4 is 23.6 Å². The Morgan fingerprint density at radius 1 is 1.17 bits per heavy atom. The first-order chi connectivity index (χ1) is 14.0. The van der Waals surface area contributed by atoms with E-state index < -0.39 is 17.7 Å². The second kappa shape index (κ2) is 9.18. The molecule has 0 saturated carbocycles. The number of benzene rings is 2. The van der Waals surface area contributed by atoms with Crippen LogP contribution in [0.15, 0.2) is 48.5 Å². The summed E-state index contributed by atoms with van der Waals surface area (Å²) >= 11 is 0. The first-order valence-corrected chi connectivity index (χ1v) is 9.35. The van der Waals surface area contributed by atoms with Gasteiger partial charge in [0.05, 0.1) is 5.56 Å². The fraction of sp³-hybridized carbons (Fsp3) is 0.286. The topological polar surface area (TPSA) is 89.9 Å². The van der Waals surface area contributed by atoms with Crippen LogP contribution in [-0.4, -0.2) is 47.5 Å². The molecule has 2 N–H and O–H groups in total. The molecule has 1 fully saturated rings. The second-order valence-corrected chi connectivity index (χ2v) is 6.76. The zero-order chi connectivity index (χ0) is 20.8. The number of anilines is 1. The van der Waals surface area contributed by atoms with Gasteiger partial charge in [-0.25, -0.2) is 9.18 Å². The van der Waals surface area contributed by atoms with Crippen LogP contribution in [0.2, 0.25) is 0 Å². The molecule has 1 aliphatic rings. The van der Waals surface area contributed by atoms with Gasteiger partial charge in [-0.05, 0) is 30.2 Å². The van der Waals surface area contributed by atoms with Crippen molar-refractivity contribution in [2.24, 2.45) is 0 Å². The standard InChI is InChI=1S/C21H22FN3O4/c22-18-9-8-16(25-12-10-23-21(25)29)13-17(18)20(28)24(11-4-7-19(26)27)14-15-5-2-1-3-6-15/h1-3,5-6,8-9,13H,4,7,10-12,14H2,(H,23,29)(H,26,27). The second-order valence-electron chi connectivity index (χ2n) is 6.76. The Kier molecular flexibility index (Phi) is 6.43. The van der Waals surface area contributed by atoms with Crippen LogP contribution in [0.4, 0.5) is 14.9 Å². The van der Waals surface area contributed by atoms with E-state index in [1.165, 1.54) is 28.0 Å². The van der Waals surface area contributed by atoms with E-state index in [0.29, 0.717) is 18.8 Å². The van der Waals surface area contributed by atoms with E-state index >= 15 is 0 Å². The highest BCUT2D eigenvalue weighted by atomic mass is 19.1. The number of carboxylic acids is 1. The van der Waals surface area contributed by atoms with Crippen LogP contribution in [0.3, 0.4) is 0 Å². The summed E-state index contributed by atoms with van der Waals surface area (Å²) in [4.78, 5) is 38.7. The average molecular weight is 399 g/mol. The molecule has 0 atom stereocenters. The fourth-order valence-corrected chi connectivity index (χ4v) is 3.21. The summed E-state index contributed by atoms with van der Waals surface area (Å²) < 4.78 is 14.5. The van der Waals surface area contributed by atoms with Gasteiger partial charge in [0.25, 0.3) is 5.91 Å². The summed E-state index contributed by atoms with van der Waals surface area (Å²) in [5.74, 6) is -2.18. The van der Waals surface area contributed by atoms with Crippen LogP contribution in [0.1, 0.15) is 28.8 Å². The molecule has 8 heteroatoms. The third-order valence-corrected chi connectivity index (χ3v) is 4.67. The lowest BCUT2D eigenvalue weighted by atomic mass is 10.1. The number of hydrogen-bond acceptors (Lipinski definition) is 3. The van der Waals surface area contributed by atoms with Crippen molar-refractivity contribution in [3.05, 3.63) is 65.5 Å². The Hall–Kier alpha value is -3.42. The van der Waals surface area contributed by atoms with E-state index in [2.05, 4.69) is 5.32 Å². The van der Waals surface area contributed by atoms with Crippen molar-refractivity contribution in [2.75, 3.05) is 24.5 Å². The van der Waals surface area contributed by atoms with E-state index in [9.17, 15) is 18.8 Å². The molecule has 0 spiro atoms. The number of carboxylic acid groups (broad SMARTS) is 1. The number of carbonyl (C=O) groups is 3. The molecular weight excluding hydrogens is 377 g/mol. The molecule has 0 aromatic heterocycles. The number of nitrogens with one attached hydrogen (secondary N) is 1. The predicted molar refractivity (Wildman–Crippen MR) is 105 cm³/mol. The third-order valence-electron chi connectivity index (χ3n) is 4.67. The van der Waals surface area contributed by atoms with Gasteiger partial charge < -0.3 is 15.3 Å². The quantitative estimate of drug-likeness (QED) is 0.714. The maximum atomic E-state index is 14.5. The molecule has 2 aromatic carbocycles. The highest BCUT2D eigenvalue weighted by Crippen LogP contribution is 2.22. The minimum absolute atomic E-state index is 0.0883. The van der Waals surface area contributed by atoms with E-state index in [4.69, 9.17) is 5.11 Å². The molecule has 29 heavy (non-hydrogen) atoms. The molecule has 7 nitrogen and oxygen atoms in total. The number of nitrogens with zero attached hydrogens (tertiary/aromatic N) is 2. The van der Waals surface area contributed by atoms with Gasteiger partial charge in [0.15, 0.2) is 0 Å². The molecule has 1 heterocycles. The van der Waals surface area contributed by atoms with Crippen molar-refractivity contribution in [2.45, 2.75) is 19.4 Å². The van der Waals surface area contributed by atoms with E-state index in [1.54, 1.807) is 0 Å². The Morgan fingerprint density at radius 3 is 2.59 bits per heavy atom. The molecular formula is C21H22FN3O4. The van der Waals surface area contributed by atoms with Crippen molar-refractivity contribution in [1.82, 2.24) is 10.2 Å². The summed E-state index contributed by atoms with van der Waals surface area (Å²) in [6, 6.07) is 12.9. The lowest BCUT2D eigenvalue weighted by Gasteiger charge is -2.24. The van der Waals surface area contributed by atoms with Crippen molar-refractivity contribution in [3.8, 4) is 0 Å². The third kappa shape index (κ3) is 5.10. The van der Waals surface area contributed by atoms with Gasteiger partial charge >= 0.3 is 12.0 Å². The first kappa shape index (κ1) is 20.3. The highest BCUT2D eigenvalue weighted by Gasteiger charge is 2.25. The Morgan fingerprint density at radius 2 is 1.93 bits per heavy atom. The molecule has 0 aliphatic carbocycles. The van der Waals surface area contributed by atoms with Crippen LogP contribution in [0, 0.1) is 5.82 Å². The van der Waals surface area contributed by atoms with Gasteiger partial charge in [0, 0.05) is 38.3 Å². The zero-order valence-electron chi connectivity index (χ0n) is 15.8. The Labute approximate surface area is 167 Å². The van der Waals surface area contributed by atoms with Gasteiger partial charge in [-0.3, -0.25) is 14.5 Å². The van der Waals surface area contributed by atoms with Crippen molar-refractivity contribution in [1.29, 1.82) is 0 Å². The monoisotopic (exact) mass is 399 g/mol. The normalized spacial score (nSPS) is 13.3. The Balaban J connectivity index is 1.85. The molecule has 1 saturated heterocycles. The smallest absolute Gasteiger partial charge is 0.321 e. The van der Waals surface area contributed by atoms with Gasteiger partial charge in [0.2, 0.25) is 0 Å². The number of carbonyl (C=O) groups excluding carboxylic acids is 2. The SMILES string of the molecule is O=C(O)CCCN(Cc1ccccc1)C(=O)c1cc(N2CCNC2=O)ccc1F. The number of rotatable bonds is 8. The summed E-state index contributed by atoms with van der Waals surface area (Å²) in [5.41, 5.74) is 1.15. The summed E-state index contributed by atoms with van der Waals surface area (Å²) in [6.45, 7) is 1.32. The molecule has 152 valence electrons. The minimum Gasteiger partial charge on any atom is -0.481 e. The highest BCUT2D eigenvalue weighted by molar-refractivity contribution is 5.98. The van der Waals surface area contributed by atoms with Crippen LogP contribution in [0.5, 0.6) is 0 Å². The summed E-state index contributed by atoms with van der Waals surface area (Å²) in [7, 11) is 0. The minimum atomic E-state index is -0.953. The molecule has 1 aliphatic heterocycles. The zero-order valence-corrected chi connectivity index (χ0v) is 15.8. The summed E-state index contributed by atoms with van der Waals surface area (Å²) in [6.07, 6.45) is 0.165. The van der Waals surface area contributed by atoms with Gasteiger partial charge in [-0.1, -0.05) is 30.3 Å². The number of halogens is 1. The van der Waals surface area contributed by atoms with Crippen molar-refractivity contribution < 1.29 is 23.9 Å². The van der Waals surface area contributed by atoms with Crippen molar-refractivity contribution in [3.63, 3.8) is 0 Å². The van der Waals surface area contributed by atoms with Crippen LogP contribution < -0.4 is 10.2 Å². The maximum Gasteiger partial charge on any atom is 0.321 e. The number of urea groups is 1. The molecule has 3 rings (SSSR count). The first-order valence-electron chi connectivity index (χ1n) is 9.35. The molecule has 0 unspecified atom stereocenters. The molecule has 3 amide bonds. The summed E-state index contributed by atoms with van der Waals surface area (Å²) in [5, 5.41) is 11.6. The van der Waals surface area contributed by atoms with Crippen LogP contribution in [-0.2, 0) is 11.3 Å². The number of aliphatic carboxylic acids is 1. The largest absolute Gasteiger partial charge is 0.481 e. The average Bonchev–Trinajstić information content (AvgIpc) is 3.13. The number of hydrogen-bond donors (Lipinski definition) is 2.